The van der Waals surface area contributed by atoms with E-state index in [0.29, 0.717) is 0 Å². The molecule has 0 saturated heterocycles. The van der Waals surface area contributed by atoms with Gasteiger partial charge in [0, 0.05) is 10.7 Å². The van der Waals surface area contributed by atoms with Crippen LogP contribution < -0.4 is 4.74 Å². The summed E-state index contributed by atoms with van der Waals surface area (Å²) in [6.07, 6.45) is 0. The van der Waals surface area contributed by atoms with E-state index in [-0.39, 0.29) is 17.3 Å². The number of aryl methyl sites for hydroxylation is 2. The largest absolute Gasteiger partial charge is 0.479 e. The van der Waals surface area contributed by atoms with E-state index < -0.39 is 9.05 Å². The summed E-state index contributed by atoms with van der Waals surface area (Å²) in [5.74, 6) is 5.65. The van der Waals surface area contributed by atoms with Crippen molar-refractivity contribution in [3.05, 3.63) is 23.3 Å². The summed E-state index contributed by atoms with van der Waals surface area (Å²) in [6, 6.07) is 3.32. The van der Waals surface area contributed by atoms with Gasteiger partial charge in [-0.25, -0.2) is 8.42 Å². The standard InChI is InChI=1S/C12H13ClO3S/c1-4-5-6-16-12-10(3)7-9(2)8-11(12)17(13,14)15/h7-8H,6H2,1-3H3. The molecule has 0 radical (unpaired) electrons. The number of ether oxygens (including phenoxy) is 1. The summed E-state index contributed by atoms with van der Waals surface area (Å²) in [5, 5.41) is 0. The lowest BCUT2D eigenvalue weighted by Gasteiger charge is -2.11. The lowest BCUT2D eigenvalue weighted by Crippen LogP contribution is -2.03. The van der Waals surface area contributed by atoms with Crippen LogP contribution in [0.25, 0.3) is 0 Å². The zero-order valence-electron chi connectivity index (χ0n) is 9.87. The van der Waals surface area contributed by atoms with E-state index in [1.165, 1.54) is 6.07 Å². The van der Waals surface area contributed by atoms with Gasteiger partial charge in [-0.1, -0.05) is 12.0 Å². The van der Waals surface area contributed by atoms with Crippen LogP contribution in [0.2, 0.25) is 0 Å². The van der Waals surface area contributed by atoms with Crippen molar-refractivity contribution < 1.29 is 13.2 Å². The van der Waals surface area contributed by atoms with Gasteiger partial charge in [0.05, 0.1) is 0 Å². The molecule has 17 heavy (non-hydrogen) atoms. The third kappa shape index (κ3) is 3.65. The average Bonchev–Trinajstić information content (AvgIpc) is 2.19. The zero-order valence-corrected chi connectivity index (χ0v) is 11.4. The van der Waals surface area contributed by atoms with E-state index in [1.807, 2.05) is 6.07 Å². The molecule has 1 rings (SSSR count). The molecule has 92 valence electrons. The molecular formula is C12H13ClO3S. The quantitative estimate of drug-likeness (QED) is 0.628. The zero-order chi connectivity index (χ0) is 13.1. The highest BCUT2D eigenvalue weighted by Gasteiger charge is 2.19. The molecule has 0 unspecified atom stereocenters. The second-order valence-electron chi connectivity index (χ2n) is 3.56. The molecule has 0 saturated carbocycles. The van der Waals surface area contributed by atoms with Crippen molar-refractivity contribution in [1.82, 2.24) is 0 Å². The number of hydrogen-bond acceptors (Lipinski definition) is 3. The summed E-state index contributed by atoms with van der Waals surface area (Å²) in [7, 11) is 1.56. The van der Waals surface area contributed by atoms with Gasteiger partial charge in [-0.2, -0.15) is 0 Å². The maximum Gasteiger partial charge on any atom is 0.265 e. The topological polar surface area (TPSA) is 43.4 Å². The molecule has 0 heterocycles. The molecule has 0 aliphatic rings. The number of benzene rings is 1. The van der Waals surface area contributed by atoms with Crippen molar-refractivity contribution in [3.63, 3.8) is 0 Å². The molecule has 0 bridgehead atoms. The third-order valence-electron chi connectivity index (χ3n) is 2.11. The minimum absolute atomic E-state index is 0.00503. The Balaban J connectivity index is 3.29. The molecule has 0 aliphatic carbocycles. The highest BCUT2D eigenvalue weighted by Crippen LogP contribution is 2.31. The second kappa shape index (κ2) is 5.44. The van der Waals surface area contributed by atoms with Crippen molar-refractivity contribution in [2.75, 3.05) is 6.61 Å². The number of hydrogen-bond donors (Lipinski definition) is 0. The minimum Gasteiger partial charge on any atom is -0.479 e. The van der Waals surface area contributed by atoms with Crippen LogP contribution in [-0.2, 0) is 9.05 Å². The van der Waals surface area contributed by atoms with Gasteiger partial charge in [0.1, 0.15) is 17.3 Å². The van der Waals surface area contributed by atoms with Gasteiger partial charge in [0.25, 0.3) is 9.05 Å². The SMILES string of the molecule is CC#CCOc1c(C)cc(C)cc1S(=O)(=O)Cl. The lowest BCUT2D eigenvalue weighted by molar-refractivity contribution is 0.357. The van der Waals surface area contributed by atoms with Crippen molar-refractivity contribution in [1.29, 1.82) is 0 Å². The van der Waals surface area contributed by atoms with E-state index in [9.17, 15) is 8.42 Å². The Hall–Kier alpha value is -1.18. The first kappa shape index (κ1) is 13.9. The molecule has 1 aromatic rings. The molecule has 0 aliphatic heterocycles. The average molecular weight is 273 g/mol. The smallest absolute Gasteiger partial charge is 0.265 e. The first-order valence-corrected chi connectivity index (χ1v) is 7.25. The maximum absolute atomic E-state index is 11.4. The van der Waals surface area contributed by atoms with Crippen LogP contribution in [0.5, 0.6) is 5.75 Å². The monoisotopic (exact) mass is 272 g/mol. The fourth-order valence-electron chi connectivity index (χ4n) is 1.46. The predicted molar refractivity (Wildman–Crippen MR) is 67.9 cm³/mol. The van der Waals surface area contributed by atoms with Crippen LogP contribution in [0, 0.1) is 25.7 Å². The summed E-state index contributed by atoms with van der Waals surface area (Å²) < 4.78 is 28.2. The van der Waals surface area contributed by atoms with Crippen molar-refractivity contribution in [3.8, 4) is 17.6 Å². The van der Waals surface area contributed by atoms with E-state index in [0.717, 1.165) is 11.1 Å². The minimum atomic E-state index is -3.82. The van der Waals surface area contributed by atoms with Crippen molar-refractivity contribution in [2.24, 2.45) is 0 Å². The van der Waals surface area contributed by atoms with Crippen molar-refractivity contribution in [2.45, 2.75) is 25.7 Å². The van der Waals surface area contributed by atoms with Crippen LogP contribution in [0.15, 0.2) is 17.0 Å². The van der Waals surface area contributed by atoms with Crippen molar-refractivity contribution >= 4 is 19.7 Å². The Morgan fingerprint density at radius 1 is 1.35 bits per heavy atom. The van der Waals surface area contributed by atoms with Gasteiger partial charge in [0.2, 0.25) is 0 Å². The Bertz CT molecular complexity index is 580. The molecule has 3 nitrogen and oxygen atoms in total. The maximum atomic E-state index is 11.4. The fraction of sp³-hybridized carbons (Fsp3) is 0.333. The van der Waals surface area contributed by atoms with Crippen LogP contribution >= 0.6 is 10.7 Å². The highest BCUT2D eigenvalue weighted by molar-refractivity contribution is 8.13. The first-order chi connectivity index (χ1) is 7.86. The van der Waals surface area contributed by atoms with Gasteiger partial charge in [0.15, 0.2) is 0 Å². The molecule has 0 amide bonds. The second-order valence-corrected chi connectivity index (χ2v) is 6.10. The van der Waals surface area contributed by atoms with Gasteiger partial charge in [-0.05, 0) is 38.0 Å². The summed E-state index contributed by atoms with van der Waals surface area (Å²) in [6.45, 7) is 5.39. The predicted octanol–water partition coefficient (Wildman–Crippen LogP) is 2.63. The third-order valence-corrected chi connectivity index (χ3v) is 3.44. The summed E-state index contributed by atoms with van der Waals surface area (Å²) in [4.78, 5) is -0.00503. The summed E-state index contributed by atoms with van der Waals surface area (Å²) >= 11 is 0. The van der Waals surface area contributed by atoms with Crippen LogP contribution in [0.3, 0.4) is 0 Å². The highest BCUT2D eigenvalue weighted by atomic mass is 35.7. The Kier molecular flexibility index (Phi) is 4.44. The Morgan fingerprint density at radius 3 is 2.53 bits per heavy atom. The molecule has 0 aromatic heterocycles. The van der Waals surface area contributed by atoms with Gasteiger partial charge < -0.3 is 4.74 Å². The normalized spacial score (nSPS) is 10.6. The van der Waals surface area contributed by atoms with E-state index in [4.69, 9.17) is 15.4 Å². The van der Waals surface area contributed by atoms with E-state index in [1.54, 1.807) is 20.8 Å². The molecule has 5 heteroatoms. The molecule has 1 aromatic carbocycles. The molecule has 0 spiro atoms. The van der Waals surface area contributed by atoms with Crippen LogP contribution in [0.4, 0.5) is 0 Å². The summed E-state index contributed by atoms with van der Waals surface area (Å²) in [5.41, 5.74) is 1.54. The molecule has 0 N–H and O–H groups in total. The fourth-order valence-corrected chi connectivity index (χ4v) is 2.57. The number of halogens is 1. The first-order valence-electron chi connectivity index (χ1n) is 4.94. The Labute approximate surface area is 106 Å². The molecular weight excluding hydrogens is 260 g/mol. The van der Waals surface area contributed by atoms with E-state index in [2.05, 4.69) is 11.8 Å². The van der Waals surface area contributed by atoms with E-state index >= 15 is 0 Å². The number of rotatable bonds is 3. The Morgan fingerprint density at radius 2 is 2.00 bits per heavy atom. The lowest BCUT2D eigenvalue weighted by atomic mass is 10.1. The van der Waals surface area contributed by atoms with Gasteiger partial charge in [-0.15, -0.1) is 5.92 Å². The molecule has 0 fully saturated rings. The van der Waals surface area contributed by atoms with Gasteiger partial charge in [-0.3, -0.25) is 0 Å². The van der Waals surface area contributed by atoms with Crippen LogP contribution in [-0.4, -0.2) is 15.0 Å². The van der Waals surface area contributed by atoms with Gasteiger partial charge >= 0.3 is 0 Å². The molecule has 0 atom stereocenters. The van der Waals surface area contributed by atoms with Crippen LogP contribution in [0.1, 0.15) is 18.1 Å².